The molecule has 0 fully saturated rings. The smallest absolute Gasteiger partial charge is 0.251 e. The number of hydrogen-bond acceptors (Lipinski definition) is 4. The molecule has 0 aromatic heterocycles. The van der Waals surface area contributed by atoms with E-state index in [-0.39, 0.29) is 11.7 Å². The predicted octanol–water partition coefficient (Wildman–Crippen LogP) is 5.94. The summed E-state index contributed by atoms with van der Waals surface area (Å²) in [5.41, 5.74) is 5.27. The maximum Gasteiger partial charge on any atom is 0.251 e. The monoisotopic (exact) mass is 537 g/mol. The minimum atomic E-state index is -0.714. The van der Waals surface area contributed by atoms with Gasteiger partial charge in [-0.15, -0.1) is 0 Å². The van der Waals surface area contributed by atoms with E-state index >= 15 is 0 Å². The molecule has 4 aromatic carbocycles. The van der Waals surface area contributed by atoms with Gasteiger partial charge in [-0.25, -0.2) is 9.38 Å². The van der Waals surface area contributed by atoms with Crippen molar-refractivity contribution in [1.82, 2.24) is 10.2 Å². The summed E-state index contributed by atoms with van der Waals surface area (Å²) < 4.78 is 18.8. The molecule has 4 aromatic rings. The van der Waals surface area contributed by atoms with Crippen molar-refractivity contribution >= 4 is 17.4 Å². The minimum Gasteiger partial charge on any atom is -0.492 e. The van der Waals surface area contributed by atoms with Crippen molar-refractivity contribution < 1.29 is 19.0 Å². The highest BCUT2D eigenvalue weighted by atomic mass is 19.1. The fourth-order valence-corrected chi connectivity index (χ4v) is 4.79. The van der Waals surface area contributed by atoms with Crippen LogP contribution in [-0.4, -0.2) is 48.1 Å². The van der Waals surface area contributed by atoms with E-state index in [1.54, 1.807) is 24.3 Å². The van der Waals surface area contributed by atoms with Crippen LogP contribution in [0.15, 0.2) is 102 Å². The van der Waals surface area contributed by atoms with Crippen LogP contribution >= 0.6 is 0 Å². The van der Waals surface area contributed by atoms with Gasteiger partial charge in [0.05, 0.1) is 24.4 Å². The molecule has 204 valence electrons. The second-order valence-electron chi connectivity index (χ2n) is 9.93. The number of fused-ring (bicyclic) bond motifs is 1. The van der Waals surface area contributed by atoms with E-state index in [1.807, 2.05) is 79.5 Å². The number of rotatable bonds is 8. The summed E-state index contributed by atoms with van der Waals surface area (Å²) in [7, 11) is 1.93. The molecular formula is C33H32FN3O3. The molecule has 40 heavy (non-hydrogen) atoms. The minimum absolute atomic E-state index is 0.234. The van der Waals surface area contributed by atoms with Crippen molar-refractivity contribution in [2.24, 2.45) is 4.99 Å². The standard InChI is InChI=1S/C33H32FN3O3/c1-22(37(2)18-19-40-29-16-13-27(34)14-17-29)35-28-15-12-26-20-31(38)32(30(26)21-28)36-33(39)25-10-8-24(9-11-25)23-6-4-3-5-7-23/h3-17,21,31-32,38H,18-20H2,1-2H3,(H,36,39)/t31-,32-/m1/s1. The van der Waals surface area contributed by atoms with E-state index in [0.717, 1.165) is 33.8 Å². The Kier molecular flexibility index (Phi) is 8.22. The SMILES string of the molecule is CC(=Nc1ccc2c(c1)[C@@H](NC(=O)c1ccc(-c3ccccc3)cc1)[C@H](O)C2)N(C)CCOc1ccc(F)cc1. The van der Waals surface area contributed by atoms with Gasteiger partial charge in [0.25, 0.3) is 5.91 Å². The van der Waals surface area contributed by atoms with E-state index in [1.165, 1.54) is 12.1 Å². The Morgan fingerprint density at radius 3 is 2.42 bits per heavy atom. The molecule has 0 bridgehead atoms. The molecule has 1 amide bonds. The summed E-state index contributed by atoms with van der Waals surface area (Å²) in [6, 6.07) is 28.7. The van der Waals surface area contributed by atoms with Gasteiger partial charge in [0, 0.05) is 19.0 Å². The number of halogens is 1. The van der Waals surface area contributed by atoms with E-state index < -0.39 is 12.1 Å². The van der Waals surface area contributed by atoms with Crippen LogP contribution < -0.4 is 10.1 Å². The van der Waals surface area contributed by atoms with Crippen molar-refractivity contribution in [3.63, 3.8) is 0 Å². The molecule has 0 radical (unpaired) electrons. The zero-order valence-corrected chi connectivity index (χ0v) is 22.5. The second-order valence-corrected chi connectivity index (χ2v) is 9.93. The molecular weight excluding hydrogens is 505 g/mol. The van der Waals surface area contributed by atoms with E-state index in [9.17, 15) is 14.3 Å². The van der Waals surface area contributed by atoms with Crippen LogP contribution in [0.5, 0.6) is 5.75 Å². The fraction of sp³-hybridized carbons (Fsp3) is 0.212. The normalized spacial score (nSPS) is 16.4. The van der Waals surface area contributed by atoms with Crippen LogP contribution in [0.3, 0.4) is 0 Å². The van der Waals surface area contributed by atoms with Gasteiger partial charge < -0.3 is 20.1 Å². The molecule has 0 heterocycles. The Bertz CT molecular complexity index is 1490. The largest absolute Gasteiger partial charge is 0.492 e. The van der Waals surface area contributed by atoms with Crippen molar-refractivity contribution in [1.29, 1.82) is 0 Å². The lowest BCUT2D eigenvalue weighted by molar-refractivity contribution is 0.0858. The van der Waals surface area contributed by atoms with Gasteiger partial charge in [-0.05, 0) is 77.7 Å². The van der Waals surface area contributed by atoms with Gasteiger partial charge in [0.15, 0.2) is 0 Å². The van der Waals surface area contributed by atoms with Crippen molar-refractivity contribution in [3.05, 3.63) is 120 Å². The van der Waals surface area contributed by atoms with Gasteiger partial charge in [-0.3, -0.25) is 4.79 Å². The number of aliphatic imine (C=N–C) groups is 1. The van der Waals surface area contributed by atoms with Crippen LogP contribution in [0.25, 0.3) is 11.1 Å². The van der Waals surface area contributed by atoms with Crippen LogP contribution in [0.4, 0.5) is 10.1 Å². The molecule has 7 heteroatoms. The highest BCUT2D eigenvalue weighted by Gasteiger charge is 2.32. The highest BCUT2D eigenvalue weighted by molar-refractivity contribution is 5.95. The lowest BCUT2D eigenvalue weighted by Crippen LogP contribution is -2.33. The maximum absolute atomic E-state index is 13.1. The van der Waals surface area contributed by atoms with Crippen LogP contribution in [0.1, 0.15) is 34.5 Å². The van der Waals surface area contributed by atoms with Crippen LogP contribution in [0.2, 0.25) is 0 Å². The molecule has 0 unspecified atom stereocenters. The number of ether oxygens (including phenoxy) is 1. The van der Waals surface area contributed by atoms with Crippen LogP contribution in [0, 0.1) is 5.82 Å². The molecule has 2 N–H and O–H groups in total. The second kappa shape index (κ2) is 12.1. The number of aliphatic hydroxyl groups is 1. The number of benzene rings is 4. The third-order valence-electron chi connectivity index (χ3n) is 7.17. The Hall–Kier alpha value is -4.49. The first-order chi connectivity index (χ1) is 19.4. The molecule has 6 nitrogen and oxygen atoms in total. The topological polar surface area (TPSA) is 74.2 Å². The first kappa shape index (κ1) is 27.1. The number of carbonyl (C=O) groups excluding carboxylic acids is 1. The quantitative estimate of drug-likeness (QED) is 0.216. The average Bonchev–Trinajstić information content (AvgIpc) is 3.28. The number of nitrogens with one attached hydrogen (secondary N) is 1. The summed E-state index contributed by atoms with van der Waals surface area (Å²) in [6.07, 6.45) is -0.245. The Labute approximate surface area is 233 Å². The lowest BCUT2D eigenvalue weighted by Gasteiger charge is -2.20. The molecule has 5 rings (SSSR count). The molecule has 2 atom stereocenters. The van der Waals surface area contributed by atoms with Gasteiger partial charge in [0.1, 0.15) is 24.0 Å². The molecule has 0 saturated carbocycles. The molecule has 0 saturated heterocycles. The van der Waals surface area contributed by atoms with Gasteiger partial charge in [-0.2, -0.15) is 0 Å². The summed E-state index contributed by atoms with van der Waals surface area (Å²) >= 11 is 0. The van der Waals surface area contributed by atoms with E-state index in [2.05, 4.69) is 5.32 Å². The first-order valence-electron chi connectivity index (χ1n) is 13.3. The third-order valence-corrected chi connectivity index (χ3v) is 7.17. The molecule has 1 aliphatic carbocycles. The number of hydrogen-bond donors (Lipinski definition) is 2. The van der Waals surface area contributed by atoms with Crippen molar-refractivity contribution in [2.45, 2.75) is 25.5 Å². The Balaban J connectivity index is 1.23. The number of amides is 1. The number of aliphatic hydroxyl groups excluding tert-OH is 1. The summed E-state index contributed by atoms with van der Waals surface area (Å²) in [5.74, 6) is 0.873. The van der Waals surface area contributed by atoms with Gasteiger partial charge in [0.2, 0.25) is 0 Å². The number of nitrogens with zero attached hydrogens (tertiary/aromatic N) is 2. The van der Waals surface area contributed by atoms with Gasteiger partial charge in [-0.1, -0.05) is 48.5 Å². The maximum atomic E-state index is 13.1. The van der Waals surface area contributed by atoms with E-state index in [0.29, 0.717) is 30.9 Å². The first-order valence-corrected chi connectivity index (χ1v) is 13.3. The fourth-order valence-electron chi connectivity index (χ4n) is 4.79. The van der Waals surface area contributed by atoms with Crippen molar-refractivity contribution in [3.8, 4) is 16.9 Å². The number of amidine groups is 1. The summed E-state index contributed by atoms with van der Waals surface area (Å²) in [5, 5.41) is 13.8. The molecule has 0 spiro atoms. The van der Waals surface area contributed by atoms with E-state index in [4.69, 9.17) is 9.73 Å². The number of likely N-dealkylation sites (N-methyl/N-ethyl adjacent to an activating group) is 1. The Morgan fingerprint density at radius 1 is 1.00 bits per heavy atom. The zero-order chi connectivity index (χ0) is 28.1. The van der Waals surface area contributed by atoms with Crippen molar-refractivity contribution in [2.75, 3.05) is 20.2 Å². The third kappa shape index (κ3) is 6.38. The lowest BCUT2D eigenvalue weighted by atomic mass is 10.0. The van der Waals surface area contributed by atoms with Crippen LogP contribution in [-0.2, 0) is 6.42 Å². The summed E-state index contributed by atoms with van der Waals surface area (Å²) in [6.45, 7) is 2.93. The number of carbonyl (C=O) groups is 1. The Morgan fingerprint density at radius 2 is 1.70 bits per heavy atom. The average molecular weight is 538 g/mol. The molecule has 0 aliphatic heterocycles. The molecule has 1 aliphatic rings. The van der Waals surface area contributed by atoms with Gasteiger partial charge >= 0.3 is 0 Å². The predicted molar refractivity (Wildman–Crippen MR) is 156 cm³/mol. The summed E-state index contributed by atoms with van der Waals surface area (Å²) in [4.78, 5) is 19.8. The highest BCUT2D eigenvalue weighted by Crippen LogP contribution is 2.34. The zero-order valence-electron chi connectivity index (χ0n) is 22.5.